The third-order valence-corrected chi connectivity index (χ3v) is 7.89. The smallest absolute Gasteiger partial charge is 0.251 e. The number of anilines is 1. The maximum atomic E-state index is 13.5. The van der Waals surface area contributed by atoms with Gasteiger partial charge in [0.2, 0.25) is 0 Å². The molecule has 3 N–H and O–H groups in total. The fraction of sp³-hybridized carbons (Fsp3) is 0.562. The summed E-state index contributed by atoms with van der Waals surface area (Å²) in [6.07, 6.45) is 6.08. The third-order valence-electron chi connectivity index (χ3n) is 7.57. The van der Waals surface area contributed by atoms with Crippen molar-refractivity contribution in [2.75, 3.05) is 58.4 Å². The zero-order valence-corrected chi connectivity index (χ0v) is 26.0. The molecular weight excluding hydrogens is 538 g/mol. The number of amides is 1. The Hall–Kier alpha value is -2.83. The molecule has 41 heavy (non-hydrogen) atoms. The number of benzene rings is 1. The molecule has 4 rings (SSSR count). The van der Waals surface area contributed by atoms with E-state index in [1.54, 1.807) is 6.92 Å². The van der Waals surface area contributed by atoms with E-state index in [-0.39, 0.29) is 23.0 Å². The van der Waals surface area contributed by atoms with Crippen LogP contribution in [0, 0.1) is 25.7 Å². The quantitative estimate of drug-likeness (QED) is 0.333. The number of halogens is 1. The Bertz CT molecular complexity index is 1270. The lowest BCUT2D eigenvalue weighted by Crippen LogP contribution is -2.37. The number of pyridine rings is 1. The van der Waals surface area contributed by atoms with Gasteiger partial charge < -0.3 is 25.3 Å². The van der Waals surface area contributed by atoms with Crippen molar-refractivity contribution in [2.45, 2.75) is 65.5 Å². The number of ether oxygens (including phenoxy) is 1. The van der Waals surface area contributed by atoms with Gasteiger partial charge in [0.1, 0.15) is 5.15 Å². The standard InChI is InChI=1S/C30H39ClN4O3.C2H7N/c1-4-35(24-10-6-5-7-11-24)27-19-23(9-8-12-34-13-15-38-16-14-34)18-25(22(27)3)30(37)32-20-26-28(36)17-21(2)33-29(26)31;1-3-2/h17-19,24H,4-7,10-16,20H2,1-3H3,(H,32,37)(H,33,36);3H,1-2H3. The molecule has 8 nitrogen and oxygen atoms in total. The molecule has 0 spiro atoms. The van der Waals surface area contributed by atoms with E-state index in [0.717, 1.165) is 62.5 Å². The third kappa shape index (κ3) is 9.34. The van der Waals surface area contributed by atoms with E-state index in [1.165, 1.54) is 25.3 Å². The molecule has 2 aliphatic rings. The van der Waals surface area contributed by atoms with Crippen molar-refractivity contribution < 1.29 is 9.53 Å². The summed E-state index contributed by atoms with van der Waals surface area (Å²) in [6.45, 7) is 10.8. The lowest BCUT2D eigenvalue weighted by molar-refractivity contribution is 0.0443. The number of carbonyl (C=O) groups is 1. The van der Waals surface area contributed by atoms with Crippen LogP contribution in [0.5, 0.6) is 0 Å². The number of nitrogens with zero attached hydrogens (tertiary/aromatic N) is 2. The van der Waals surface area contributed by atoms with Crippen LogP contribution in [-0.4, -0.2) is 75.3 Å². The molecule has 1 saturated carbocycles. The Morgan fingerprint density at radius 1 is 1.15 bits per heavy atom. The van der Waals surface area contributed by atoms with Crippen molar-refractivity contribution in [3.05, 3.63) is 61.5 Å². The average Bonchev–Trinajstić information content (AvgIpc) is 2.95. The Morgan fingerprint density at radius 2 is 1.83 bits per heavy atom. The second-order valence-corrected chi connectivity index (χ2v) is 11.1. The predicted octanol–water partition coefficient (Wildman–Crippen LogP) is 4.25. The first kappa shape index (κ1) is 32.7. The first-order valence-electron chi connectivity index (χ1n) is 14.7. The van der Waals surface area contributed by atoms with E-state index >= 15 is 0 Å². The van der Waals surface area contributed by atoms with Crippen LogP contribution in [0.4, 0.5) is 5.69 Å². The van der Waals surface area contributed by atoms with Crippen LogP contribution in [0.3, 0.4) is 0 Å². The van der Waals surface area contributed by atoms with E-state index < -0.39 is 0 Å². The van der Waals surface area contributed by atoms with Gasteiger partial charge in [0.15, 0.2) is 5.43 Å². The second-order valence-electron chi connectivity index (χ2n) is 10.7. The zero-order valence-electron chi connectivity index (χ0n) is 25.3. The van der Waals surface area contributed by atoms with E-state index in [2.05, 4.69) is 50.2 Å². The van der Waals surface area contributed by atoms with Gasteiger partial charge in [0.25, 0.3) is 5.91 Å². The Morgan fingerprint density at radius 3 is 2.46 bits per heavy atom. The molecule has 1 saturated heterocycles. The van der Waals surface area contributed by atoms with Crippen molar-refractivity contribution in [2.24, 2.45) is 0 Å². The highest BCUT2D eigenvalue weighted by molar-refractivity contribution is 6.30. The number of hydrogen-bond acceptors (Lipinski definition) is 6. The van der Waals surface area contributed by atoms with Gasteiger partial charge in [-0.1, -0.05) is 42.7 Å². The lowest BCUT2D eigenvalue weighted by Gasteiger charge is -2.37. The maximum Gasteiger partial charge on any atom is 0.251 e. The van der Waals surface area contributed by atoms with Crippen LogP contribution in [0.1, 0.15) is 71.8 Å². The number of morpholine rings is 1. The molecule has 2 aromatic rings. The molecule has 1 aliphatic heterocycles. The van der Waals surface area contributed by atoms with Gasteiger partial charge in [-0.15, -0.1) is 0 Å². The second kappa shape index (κ2) is 16.6. The summed E-state index contributed by atoms with van der Waals surface area (Å²) in [6, 6.07) is 5.96. The summed E-state index contributed by atoms with van der Waals surface area (Å²) in [7, 11) is 3.75. The zero-order chi connectivity index (χ0) is 29.8. The Balaban J connectivity index is 0.00000147. The molecule has 9 heteroatoms. The molecule has 0 unspecified atom stereocenters. The van der Waals surface area contributed by atoms with Gasteiger partial charge in [0, 0.05) is 60.8 Å². The molecule has 1 aromatic carbocycles. The molecule has 0 radical (unpaired) electrons. The number of aromatic nitrogens is 1. The highest BCUT2D eigenvalue weighted by atomic mass is 35.5. The minimum atomic E-state index is -0.240. The number of rotatable bonds is 7. The van der Waals surface area contributed by atoms with E-state index in [4.69, 9.17) is 16.3 Å². The minimum Gasteiger partial charge on any atom is -0.379 e. The first-order chi connectivity index (χ1) is 19.8. The van der Waals surface area contributed by atoms with Crippen molar-refractivity contribution in [1.82, 2.24) is 20.5 Å². The average molecular weight is 584 g/mol. The first-order valence-corrected chi connectivity index (χ1v) is 15.1. The summed E-state index contributed by atoms with van der Waals surface area (Å²) in [5.41, 5.74) is 4.23. The molecule has 1 aliphatic carbocycles. The van der Waals surface area contributed by atoms with E-state index in [0.29, 0.717) is 29.4 Å². The Labute approximate surface area is 250 Å². The van der Waals surface area contributed by atoms with Crippen molar-refractivity contribution in [3.8, 4) is 11.8 Å². The molecule has 224 valence electrons. The number of carbonyl (C=O) groups excluding carboxylic acids is 1. The Kier molecular flexibility index (Phi) is 13.2. The maximum absolute atomic E-state index is 13.5. The van der Waals surface area contributed by atoms with Crippen molar-refractivity contribution >= 4 is 23.2 Å². The van der Waals surface area contributed by atoms with Crippen molar-refractivity contribution in [3.63, 3.8) is 0 Å². The summed E-state index contributed by atoms with van der Waals surface area (Å²) in [4.78, 5) is 33.6. The number of H-pyrrole nitrogens is 1. The number of aryl methyl sites for hydroxylation is 1. The summed E-state index contributed by atoms with van der Waals surface area (Å²) in [5.74, 6) is 6.39. The molecule has 0 atom stereocenters. The fourth-order valence-corrected chi connectivity index (χ4v) is 5.75. The molecule has 1 aromatic heterocycles. The summed E-state index contributed by atoms with van der Waals surface area (Å²) in [5, 5.41) is 5.93. The van der Waals surface area contributed by atoms with E-state index in [9.17, 15) is 9.59 Å². The number of hydrogen-bond donors (Lipinski definition) is 3. The predicted molar refractivity (Wildman–Crippen MR) is 168 cm³/mol. The highest BCUT2D eigenvalue weighted by Crippen LogP contribution is 2.32. The van der Waals surface area contributed by atoms with Crippen LogP contribution in [0.15, 0.2) is 23.0 Å². The van der Waals surface area contributed by atoms with Crippen LogP contribution < -0.4 is 21.0 Å². The monoisotopic (exact) mass is 583 g/mol. The fourth-order valence-electron chi connectivity index (χ4n) is 5.44. The number of nitrogens with one attached hydrogen (secondary N) is 3. The summed E-state index contributed by atoms with van der Waals surface area (Å²) < 4.78 is 5.44. The van der Waals surface area contributed by atoms with Gasteiger partial charge in [-0.2, -0.15) is 0 Å². The SMILES string of the molecule is CCN(c1cc(C#CCN2CCOCC2)cc(C(=O)NCc2c(Cl)[nH]c(C)cc2=O)c1C)C1CCCCC1.CNC. The molecular formula is C32H46ClN5O3. The van der Waals surface area contributed by atoms with Gasteiger partial charge in [-0.25, -0.2) is 0 Å². The summed E-state index contributed by atoms with van der Waals surface area (Å²) >= 11 is 6.27. The van der Waals surface area contributed by atoms with E-state index in [1.807, 2.05) is 27.1 Å². The topological polar surface area (TPSA) is 89.7 Å². The van der Waals surface area contributed by atoms with Crippen LogP contribution in [-0.2, 0) is 11.3 Å². The lowest BCUT2D eigenvalue weighted by atomic mass is 9.92. The molecule has 0 bridgehead atoms. The van der Waals surface area contributed by atoms with Crippen molar-refractivity contribution in [1.29, 1.82) is 0 Å². The molecule has 2 heterocycles. The van der Waals surface area contributed by atoms with Gasteiger partial charge >= 0.3 is 0 Å². The van der Waals surface area contributed by atoms with Gasteiger partial charge in [0.05, 0.1) is 25.3 Å². The minimum absolute atomic E-state index is 0.0507. The van der Waals surface area contributed by atoms with Gasteiger partial charge in [-0.05, 0) is 65.4 Å². The van der Waals surface area contributed by atoms with Crippen LogP contribution in [0.25, 0.3) is 0 Å². The highest BCUT2D eigenvalue weighted by Gasteiger charge is 2.24. The van der Waals surface area contributed by atoms with Crippen LogP contribution >= 0.6 is 11.6 Å². The van der Waals surface area contributed by atoms with Gasteiger partial charge in [-0.3, -0.25) is 14.5 Å². The molecule has 2 fully saturated rings. The van der Waals surface area contributed by atoms with Crippen LogP contribution in [0.2, 0.25) is 5.15 Å². The largest absolute Gasteiger partial charge is 0.379 e. The normalized spacial score (nSPS) is 15.8. The number of aromatic amines is 1. The molecule has 1 amide bonds.